The van der Waals surface area contributed by atoms with Gasteiger partial charge in [0, 0.05) is 26.2 Å². The third-order valence-corrected chi connectivity index (χ3v) is 4.63. The number of halogens is 1. The molecule has 2 aliphatic rings. The first-order chi connectivity index (χ1) is 9.61. The van der Waals surface area contributed by atoms with Gasteiger partial charge in [0.25, 0.3) is 5.91 Å². The highest BCUT2D eigenvalue weighted by Crippen LogP contribution is 2.29. The number of H-pyrrole nitrogens is 1. The molecule has 2 saturated heterocycles. The highest BCUT2D eigenvalue weighted by Gasteiger charge is 2.38. The van der Waals surface area contributed by atoms with Crippen molar-refractivity contribution in [1.82, 2.24) is 20.4 Å². The van der Waals surface area contributed by atoms with Crippen molar-refractivity contribution in [2.75, 3.05) is 32.8 Å². The number of piperidine rings is 1. The molecule has 110 valence electrons. The van der Waals surface area contributed by atoms with Crippen LogP contribution in [-0.2, 0) is 4.74 Å². The van der Waals surface area contributed by atoms with E-state index in [2.05, 4.69) is 15.5 Å². The lowest BCUT2D eigenvalue weighted by Gasteiger charge is -2.43. The zero-order chi connectivity index (χ0) is 14.2. The van der Waals surface area contributed by atoms with Gasteiger partial charge >= 0.3 is 0 Å². The van der Waals surface area contributed by atoms with Crippen molar-refractivity contribution >= 4 is 17.5 Å². The van der Waals surface area contributed by atoms with E-state index in [0.29, 0.717) is 23.8 Å². The second-order valence-corrected chi connectivity index (χ2v) is 5.89. The van der Waals surface area contributed by atoms with Crippen molar-refractivity contribution in [2.24, 2.45) is 0 Å². The Morgan fingerprint density at radius 3 is 2.75 bits per heavy atom. The second kappa shape index (κ2) is 5.35. The number of hydrogen-bond donors (Lipinski definition) is 2. The standard InChI is InChI=1S/C13H19ClN4O2/c1-9-10(14)11(17-16-9)12(19)18-5-2-13(3-6-18)8-15-4-7-20-13/h15H,2-8H2,1H3,(H,16,17). The van der Waals surface area contributed by atoms with Gasteiger partial charge in [-0.25, -0.2) is 0 Å². The quantitative estimate of drug-likeness (QED) is 0.810. The van der Waals surface area contributed by atoms with E-state index in [0.717, 1.165) is 38.2 Å². The first-order valence-corrected chi connectivity index (χ1v) is 7.33. The van der Waals surface area contributed by atoms with Crippen LogP contribution >= 0.6 is 11.6 Å². The fourth-order valence-electron chi connectivity index (χ4n) is 2.85. The molecule has 1 amide bonds. The van der Waals surface area contributed by atoms with Crippen LogP contribution in [0.2, 0.25) is 5.02 Å². The molecule has 0 aliphatic carbocycles. The van der Waals surface area contributed by atoms with Gasteiger partial charge in [-0.05, 0) is 19.8 Å². The molecule has 3 rings (SSSR count). The van der Waals surface area contributed by atoms with Crippen LogP contribution in [0, 0.1) is 6.92 Å². The molecule has 6 nitrogen and oxygen atoms in total. The SMILES string of the molecule is Cc1[nH]nc(C(=O)N2CCC3(CC2)CNCCO3)c1Cl. The van der Waals surface area contributed by atoms with Crippen molar-refractivity contribution < 1.29 is 9.53 Å². The Bertz CT molecular complexity index is 500. The first kappa shape index (κ1) is 13.9. The number of aromatic nitrogens is 2. The number of nitrogens with zero attached hydrogens (tertiary/aromatic N) is 2. The number of morpholine rings is 1. The largest absolute Gasteiger partial charge is 0.372 e. The predicted octanol–water partition coefficient (Wildman–Crippen LogP) is 0.966. The summed E-state index contributed by atoms with van der Waals surface area (Å²) in [6.45, 7) is 5.70. The van der Waals surface area contributed by atoms with Gasteiger partial charge in [0.05, 0.1) is 22.9 Å². The van der Waals surface area contributed by atoms with Crippen LogP contribution in [0.5, 0.6) is 0 Å². The lowest BCUT2D eigenvalue weighted by Crippen LogP contribution is -2.56. The normalized spacial score (nSPS) is 22.2. The van der Waals surface area contributed by atoms with E-state index in [1.165, 1.54) is 0 Å². The summed E-state index contributed by atoms with van der Waals surface area (Å²) >= 11 is 6.09. The molecular weight excluding hydrogens is 280 g/mol. The van der Waals surface area contributed by atoms with E-state index in [4.69, 9.17) is 16.3 Å². The summed E-state index contributed by atoms with van der Waals surface area (Å²) in [5.41, 5.74) is 0.950. The maximum Gasteiger partial charge on any atom is 0.275 e. The first-order valence-electron chi connectivity index (χ1n) is 6.96. The lowest BCUT2D eigenvalue weighted by molar-refractivity contribution is -0.0955. The fourth-order valence-corrected chi connectivity index (χ4v) is 3.02. The van der Waals surface area contributed by atoms with Crippen LogP contribution in [0.4, 0.5) is 0 Å². The summed E-state index contributed by atoms with van der Waals surface area (Å²) < 4.78 is 5.92. The molecule has 2 fully saturated rings. The topological polar surface area (TPSA) is 70.2 Å². The molecule has 0 atom stereocenters. The Morgan fingerprint density at radius 1 is 1.45 bits per heavy atom. The Balaban J connectivity index is 1.66. The van der Waals surface area contributed by atoms with E-state index in [9.17, 15) is 4.79 Å². The van der Waals surface area contributed by atoms with Crippen LogP contribution in [-0.4, -0.2) is 59.4 Å². The molecule has 1 aromatic rings. The molecule has 0 saturated carbocycles. The molecular formula is C13H19ClN4O2. The monoisotopic (exact) mass is 298 g/mol. The molecule has 0 aromatic carbocycles. The van der Waals surface area contributed by atoms with E-state index < -0.39 is 0 Å². The third-order valence-electron chi connectivity index (χ3n) is 4.17. The van der Waals surface area contributed by atoms with Crippen molar-refractivity contribution in [3.63, 3.8) is 0 Å². The summed E-state index contributed by atoms with van der Waals surface area (Å²) in [6, 6.07) is 0. The molecule has 0 bridgehead atoms. The number of aryl methyl sites for hydroxylation is 1. The average Bonchev–Trinajstić information content (AvgIpc) is 2.80. The predicted molar refractivity (Wildman–Crippen MR) is 75.0 cm³/mol. The summed E-state index contributed by atoms with van der Waals surface area (Å²) in [5.74, 6) is -0.0991. The highest BCUT2D eigenvalue weighted by molar-refractivity contribution is 6.34. The van der Waals surface area contributed by atoms with Gasteiger partial charge < -0.3 is 15.0 Å². The maximum absolute atomic E-state index is 12.4. The van der Waals surface area contributed by atoms with Gasteiger partial charge in [-0.1, -0.05) is 11.6 Å². The van der Waals surface area contributed by atoms with E-state index in [1.807, 2.05) is 4.90 Å². The zero-order valence-electron chi connectivity index (χ0n) is 11.5. The molecule has 1 spiro atoms. The smallest absolute Gasteiger partial charge is 0.275 e. The molecule has 2 N–H and O–H groups in total. The summed E-state index contributed by atoms with van der Waals surface area (Å²) in [4.78, 5) is 14.2. The molecule has 3 heterocycles. The molecule has 2 aliphatic heterocycles. The van der Waals surface area contributed by atoms with Crippen molar-refractivity contribution in [3.8, 4) is 0 Å². The van der Waals surface area contributed by atoms with Gasteiger partial charge in [0.15, 0.2) is 5.69 Å². The van der Waals surface area contributed by atoms with Crippen molar-refractivity contribution in [1.29, 1.82) is 0 Å². The minimum Gasteiger partial charge on any atom is -0.372 e. The van der Waals surface area contributed by atoms with Crippen molar-refractivity contribution in [2.45, 2.75) is 25.4 Å². The number of carbonyl (C=O) groups is 1. The van der Waals surface area contributed by atoms with Gasteiger partial charge in [0.1, 0.15) is 0 Å². The Morgan fingerprint density at radius 2 is 2.20 bits per heavy atom. The summed E-state index contributed by atoms with van der Waals surface area (Å²) in [6.07, 6.45) is 1.71. The number of aromatic amines is 1. The van der Waals surface area contributed by atoms with Crippen LogP contribution in [0.3, 0.4) is 0 Å². The number of carbonyl (C=O) groups excluding carboxylic acids is 1. The molecule has 0 radical (unpaired) electrons. The van der Waals surface area contributed by atoms with E-state index in [1.54, 1.807) is 6.92 Å². The Labute approximate surface area is 122 Å². The maximum atomic E-state index is 12.4. The number of amides is 1. The van der Waals surface area contributed by atoms with Gasteiger partial charge in [-0.15, -0.1) is 0 Å². The molecule has 0 unspecified atom stereocenters. The summed E-state index contributed by atoms with van der Waals surface area (Å²) in [5, 5.41) is 10.5. The van der Waals surface area contributed by atoms with Crippen molar-refractivity contribution in [3.05, 3.63) is 16.4 Å². The number of hydrogen-bond acceptors (Lipinski definition) is 4. The number of ether oxygens (including phenoxy) is 1. The highest BCUT2D eigenvalue weighted by atomic mass is 35.5. The second-order valence-electron chi connectivity index (χ2n) is 5.51. The fraction of sp³-hybridized carbons (Fsp3) is 0.692. The van der Waals surface area contributed by atoms with Gasteiger partial charge in [-0.2, -0.15) is 5.10 Å². The van der Waals surface area contributed by atoms with E-state index >= 15 is 0 Å². The van der Waals surface area contributed by atoms with Gasteiger partial charge in [0.2, 0.25) is 0 Å². The lowest BCUT2D eigenvalue weighted by atomic mass is 9.90. The van der Waals surface area contributed by atoms with Crippen LogP contribution in [0.1, 0.15) is 29.0 Å². The zero-order valence-corrected chi connectivity index (χ0v) is 12.3. The minimum absolute atomic E-state index is 0.0969. The van der Waals surface area contributed by atoms with Crippen LogP contribution < -0.4 is 5.32 Å². The Hall–Kier alpha value is -1.11. The average molecular weight is 299 g/mol. The number of nitrogens with one attached hydrogen (secondary N) is 2. The summed E-state index contributed by atoms with van der Waals surface area (Å²) in [7, 11) is 0. The molecule has 20 heavy (non-hydrogen) atoms. The number of likely N-dealkylation sites (tertiary alicyclic amines) is 1. The minimum atomic E-state index is -0.0991. The molecule has 7 heteroatoms. The number of rotatable bonds is 1. The molecule has 1 aromatic heterocycles. The van der Waals surface area contributed by atoms with Crippen LogP contribution in [0.15, 0.2) is 0 Å². The van der Waals surface area contributed by atoms with Gasteiger partial charge in [-0.3, -0.25) is 9.89 Å². The van der Waals surface area contributed by atoms with Crippen LogP contribution in [0.25, 0.3) is 0 Å². The Kier molecular flexibility index (Phi) is 3.70. The van der Waals surface area contributed by atoms with E-state index in [-0.39, 0.29) is 11.5 Å². The third kappa shape index (κ3) is 2.43.